The van der Waals surface area contributed by atoms with Crippen LogP contribution >= 0.6 is 23.2 Å². The minimum absolute atomic E-state index is 0.00327. The van der Waals surface area contributed by atoms with E-state index >= 15 is 0 Å². The number of anilines is 1. The molecule has 6 nitrogen and oxygen atoms in total. The molecule has 0 bridgehead atoms. The van der Waals surface area contributed by atoms with E-state index in [1.165, 1.54) is 12.1 Å². The van der Waals surface area contributed by atoms with Gasteiger partial charge in [-0.05, 0) is 62.1 Å². The van der Waals surface area contributed by atoms with Gasteiger partial charge in [0.25, 0.3) is 5.91 Å². The Hall–Kier alpha value is -2.51. The number of nitrogens with one attached hydrogen (secondary N) is 1. The second kappa shape index (κ2) is 11.3. The number of rotatable bonds is 6. The summed E-state index contributed by atoms with van der Waals surface area (Å²) in [6.45, 7) is 2.83. The van der Waals surface area contributed by atoms with Gasteiger partial charge in [0.15, 0.2) is 6.61 Å². The van der Waals surface area contributed by atoms with Gasteiger partial charge in [0, 0.05) is 54.9 Å². The Morgan fingerprint density at radius 3 is 2.29 bits per heavy atom. The summed E-state index contributed by atoms with van der Waals surface area (Å²) in [5.74, 6) is -0.378. The molecule has 1 aliphatic heterocycles. The molecule has 2 aromatic rings. The average Bonchev–Trinajstić information content (AvgIpc) is 2.85. The molecule has 0 radical (unpaired) electrons. The Labute approximate surface area is 208 Å². The molecule has 4 rings (SSSR count). The van der Waals surface area contributed by atoms with Gasteiger partial charge in [-0.3, -0.25) is 9.59 Å². The van der Waals surface area contributed by atoms with Gasteiger partial charge < -0.3 is 19.9 Å². The number of ether oxygens (including phenoxy) is 1. The van der Waals surface area contributed by atoms with Crippen LogP contribution < -0.4 is 15.0 Å². The Morgan fingerprint density at radius 2 is 1.65 bits per heavy atom. The summed E-state index contributed by atoms with van der Waals surface area (Å²) >= 11 is 11.6. The number of benzene rings is 2. The fourth-order valence-corrected chi connectivity index (χ4v) is 4.81. The summed E-state index contributed by atoms with van der Waals surface area (Å²) < 4.78 is 18.8. The summed E-state index contributed by atoms with van der Waals surface area (Å²) in [6.07, 6.45) is 3.01. The number of piperazine rings is 1. The van der Waals surface area contributed by atoms with E-state index in [1.807, 2.05) is 29.2 Å². The first-order valence-corrected chi connectivity index (χ1v) is 12.3. The lowest BCUT2D eigenvalue weighted by Crippen LogP contribution is -2.51. The maximum atomic E-state index is 13.5. The summed E-state index contributed by atoms with van der Waals surface area (Å²) in [4.78, 5) is 29.5. The molecule has 2 amide bonds. The van der Waals surface area contributed by atoms with Crippen LogP contribution in [0, 0.1) is 11.7 Å². The molecule has 1 saturated heterocycles. The number of amides is 2. The van der Waals surface area contributed by atoms with E-state index < -0.39 is 5.82 Å². The molecule has 0 aromatic heterocycles. The van der Waals surface area contributed by atoms with E-state index in [4.69, 9.17) is 27.9 Å². The van der Waals surface area contributed by atoms with Crippen molar-refractivity contribution in [1.82, 2.24) is 10.2 Å². The van der Waals surface area contributed by atoms with Gasteiger partial charge in [-0.25, -0.2) is 4.39 Å². The third-order valence-corrected chi connectivity index (χ3v) is 7.04. The quantitative estimate of drug-likeness (QED) is 0.623. The fraction of sp³-hybridized carbons (Fsp3) is 0.440. The number of carbonyl (C=O) groups is 2. The average molecular weight is 508 g/mol. The standard InChI is InChI=1S/C25H28Cl2FN3O3/c26-18-3-7-20(8-4-18)30-11-13-31(14-12-30)25(33)17-1-5-19(6-2-17)29-24(32)16-34-21-9-10-22(27)23(28)15-21/h3-4,7-10,15,17,19H,1-2,5-6,11-14,16H2,(H,29,32). The second-order valence-corrected chi connectivity index (χ2v) is 9.61. The van der Waals surface area contributed by atoms with Crippen molar-refractivity contribution in [1.29, 1.82) is 0 Å². The van der Waals surface area contributed by atoms with E-state index in [0.29, 0.717) is 18.1 Å². The summed E-state index contributed by atoms with van der Waals surface area (Å²) in [6, 6.07) is 11.9. The van der Waals surface area contributed by atoms with Gasteiger partial charge in [-0.15, -0.1) is 0 Å². The van der Waals surface area contributed by atoms with Crippen LogP contribution in [0.25, 0.3) is 0 Å². The predicted octanol–water partition coefficient (Wildman–Crippen LogP) is 4.54. The van der Waals surface area contributed by atoms with Crippen molar-refractivity contribution < 1.29 is 18.7 Å². The largest absolute Gasteiger partial charge is 0.484 e. The van der Waals surface area contributed by atoms with Crippen molar-refractivity contribution in [3.63, 3.8) is 0 Å². The van der Waals surface area contributed by atoms with Crippen LogP contribution in [0.3, 0.4) is 0 Å². The van der Waals surface area contributed by atoms with Crippen LogP contribution in [0.1, 0.15) is 25.7 Å². The van der Waals surface area contributed by atoms with Crippen molar-refractivity contribution in [2.45, 2.75) is 31.7 Å². The fourth-order valence-electron chi connectivity index (χ4n) is 4.56. The molecule has 1 saturated carbocycles. The van der Waals surface area contributed by atoms with Crippen molar-refractivity contribution in [3.05, 3.63) is 58.3 Å². The summed E-state index contributed by atoms with van der Waals surface area (Å²) in [5, 5.41) is 3.68. The number of hydrogen-bond donors (Lipinski definition) is 1. The Kier molecular flexibility index (Phi) is 8.16. The second-order valence-electron chi connectivity index (χ2n) is 8.77. The van der Waals surface area contributed by atoms with E-state index in [1.54, 1.807) is 0 Å². The molecule has 0 unspecified atom stereocenters. The number of hydrogen-bond acceptors (Lipinski definition) is 4. The van der Waals surface area contributed by atoms with Crippen molar-refractivity contribution in [3.8, 4) is 5.75 Å². The van der Waals surface area contributed by atoms with Gasteiger partial charge >= 0.3 is 0 Å². The lowest BCUT2D eigenvalue weighted by molar-refractivity contribution is -0.137. The molecule has 182 valence electrons. The molecule has 2 aliphatic rings. The molecule has 2 fully saturated rings. The van der Waals surface area contributed by atoms with Crippen LogP contribution in [0.4, 0.5) is 10.1 Å². The van der Waals surface area contributed by atoms with Crippen LogP contribution in [0.5, 0.6) is 5.75 Å². The van der Waals surface area contributed by atoms with Crippen molar-refractivity contribution in [2.24, 2.45) is 5.92 Å². The Morgan fingerprint density at radius 1 is 0.971 bits per heavy atom. The number of carbonyl (C=O) groups excluding carboxylic acids is 2. The van der Waals surface area contributed by atoms with Gasteiger partial charge in [-0.1, -0.05) is 23.2 Å². The van der Waals surface area contributed by atoms with Crippen LogP contribution in [0.15, 0.2) is 42.5 Å². The molecule has 0 atom stereocenters. The van der Waals surface area contributed by atoms with Crippen molar-refractivity contribution in [2.75, 3.05) is 37.7 Å². The number of halogens is 3. The monoisotopic (exact) mass is 507 g/mol. The molecule has 0 spiro atoms. The zero-order valence-corrected chi connectivity index (χ0v) is 20.3. The molecule has 9 heteroatoms. The zero-order valence-electron chi connectivity index (χ0n) is 18.8. The molecule has 1 aliphatic carbocycles. The minimum atomic E-state index is -0.589. The highest BCUT2D eigenvalue weighted by Crippen LogP contribution is 2.27. The van der Waals surface area contributed by atoms with Gasteiger partial charge in [-0.2, -0.15) is 0 Å². The van der Waals surface area contributed by atoms with Crippen LogP contribution in [0.2, 0.25) is 10.0 Å². The van der Waals surface area contributed by atoms with Crippen LogP contribution in [-0.2, 0) is 9.59 Å². The number of nitrogens with zero attached hydrogens (tertiary/aromatic N) is 2. The molecule has 1 heterocycles. The Bertz CT molecular complexity index is 1000. The van der Waals surface area contributed by atoms with Gasteiger partial charge in [0.05, 0.1) is 5.02 Å². The molecule has 1 N–H and O–H groups in total. The SMILES string of the molecule is O=C(COc1ccc(Cl)c(F)c1)NC1CCC(C(=O)N2CCN(c3ccc(Cl)cc3)CC2)CC1. The van der Waals surface area contributed by atoms with Crippen LogP contribution in [-0.4, -0.2) is 55.5 Å². The highest BCUT2D eigenvalue weighted by Gasteiger charge is 2.31. The highest BCUT2D eigenvalue weighted by atomic mass is 35.5. The maximum Gasteiger partial charge on any atom is 0.258 e. The van der Waals surface area contributed by atoms with E-state index in [9.17, 15) is 14.0 Å². The lowest BCUT2D eigenvalue weighted by atomic mass is 9.85. The lowest BCUT2D eigenvalue weighted by Gasteiger charge is -2.39. The first kappa shape index (κ1) is 24.6. The summed E-state index contributed by atoms with van der Waals surface area (Å²) in [5.41, 5.74) is 1.12. The predicted molar refractivity (Wildman–Crippen MR) is 131 cm³/mol. The van der Waals surface area contributed by atoms with Gasteiger partial charge in [0.2, 0.25) is 5.91 Å². The first-order chi connectivity index (χ1) is 16.4. The van der Waals surface area contributed by atoms with E-state index in [-0.39, 0.29) is 41.2 Å². The highest BCUT2D eigenvalue weighted by molar-refractivity contribution is 6.31. The van der Waals surface area contributed by atoms with E-state index in [0.717, 1.165) is 50.5 Å². The minimum Gasteiger partial charge on any atom is -0.484 e. The first-order valence-electron chi connectivity index (χ1n) is 11.6. The maximum absolute atomic E-state index is 13.5. The molecular weight excluding hydrogens is 480 g/mol. The molecular formula is C25H28Cl2FN3O3. The third kappa shape index (κ3) is 6.33. The topological polar surface area (TPSA) is 61.9 Å². The Balaban J connectivity index is 1.17. The molecule has 34 heavy (non-hydrogen) atoms. The smallest absolute Gasteiger partial charge is 0.258 e. The summed E-state index contributed by atoms with van der Waals surface area (Å²) in [7, 11) is 0. The third-order valence-electron chi connectivity index (χ3n) is 6.49. The molecule has 2 aromatic carbocycles. The van der Waals surface area contributed by atoms with Crippen molar-refractivity contribution >= 4 is 40.7 Å². The van der Waals surface area contributed by atoms with E-state index in [2.05, 4.69) is 10.2 Å². The van der Waals surface area contributed by atoms with Gasteiger partial charge in [0.1, 0.15) is 11.6 Å². The zero-order chi connectivity index (χ0) is 24.1. The normalized spacial score (nSPS) is 20.7.